The van der Waals surface area contributed by atoms with Gasteiger partial charge < -0.3 is 10.2 Å². The summed E-state index contributed by atoms with van der Waals surface area (Å²) in [5.74, 6) is -1.21. The molecule has 0 fully saturated rings. The van der Waals surface area contributed by atoms with Crippen LogP contribution in [0.1, 0.15) is 15.9 Å². The molecule has 2 rings (SSSR count). The van der Waals surface area contributed by atoms with Gasteiger partial charge >= 0.3 is 5.97 Å². The second kappa shape index (κ2) is 3.43. The van der Waals surface area contributed by atoms with Crippen LogP contribution in [0.5, 0.6) is 0 Å². The van der Waals surface area contributed by atoms with Crippen LogP contribution in [0, 0.1) is 0 Å². The molecular weight excluding hydrogens is 232 g/mol. The number of carboxylic acids is 1. The Balaban J connectivity index is 2.83. The van der Waals surface area contributed by atoms with Gasteiger partial charge in [0.1, 0.15) is 0 Å². The molecule has 1 aliphatic rings. The smallest absolute Gasteiger partial charge is 0.336 e. The van der Waals surface area contributed by atoms with E-state index < -0.39 is 22.4 Å². The summed E-state index contributed by atoms with van der Waals surface area (Å²) >= 11 is 0. The quantitative estimate of drug-likeness (QED) is 0.785. The highest BCUT2D eigenvalue weighted by Crippen LogP contribution is 2.35. The molecule has 1 heterocycles. The molecule has 0 saturated heterocycles. The van der Waals surface area contributed by atoms with Gasteiger partial charge in [-0.2, -0.15) is 0 Å². The first-order chi connectivity index (χ1) is 7.47. The predicted octanol–water partition coefficient (Wildman–Crippen LogP) is 0.505. The molecular formula is C10H8O5S. The van der Waals surface area contributed by atoms with Crippen molar-refractivity contribution in [2.24, 2.45) is 0 Å². The number of carboxylic acid groups (broad SMARTS) is 1. The van der Waals surface area contributed by atoms with Crippen molar-refractivity contribution < 1.29 is 23.4 Å². The fourth-order valence-corrected chi connectivity index (χ4v) is 3.19. The van der Waals surface area contributed by atoms with Crippen LogP contribution in [-0.4, -0.2) is 31.2 Å². The van der Waals surface area contributed by atoms with Crippen LogP contribution in [0.3, 0.4) is 0 Å². The van der Waals surface area contributed by atoms with Gasteiger partial charge in [0, 0.05) is 11.0 Å². The third kappa shape index (κ3) is 1.43. The van der Waals surface area contributed by atoms with Crippen molar-refractivity contribution in [2.75, 3.05) is 6.61 Å². The molecule has 84 valence electrons. The standard InChI is InChI=1S/C10H8O5S/c11-4-6-5-16(14,15)8-3-1-2-7(9(6)8)10(12)13/h1-3,5,11H,4H2,(H,12,13). The van der Waals surface area contributed by atoms with E-state index in [1.165, 1.54) is 18.2 Å². The summed E-state index contributed by atoms with van der Waals surface area (Å²) in [4.78, 5) is 10.9. The van der Waals surface area contributed by atoms with E-state index in [2.05, 4.69) is 0 Å². The summed E-state index contributed by atoms with van der Waals surface area (Å²) in [5, 5.41) is 18.9. The molecule has 0 spiro atoms. The largest absolute Gasteiger partial charge is 0.478 e. The summed E-state index contributed by atoms with van der Waals surface area (Å²) in [6.07, 6.45) is 0. The van der Waals surface area contributed by atoms with Crippen molar-refractivity contribution in [1.82, 2.24) is 0 Å². The van der Waals surface area contributed by atoms with E-state index in [1.54, 1.807) is 0 Å². The van der Waals surface area contributed by atoms with Gasteiger partial charge in [-0.15, -0.1) is 0 Å². The lowest BCUT2D eigenvalue weighted by Gasteiger charge is -2.05. The number of benzene rings is 1. The summed E-state index contributed by atoms with van der Waals surface area (Å²) in [6.45, 7) is -0.503. The highest BCUT2D eigenvalue weighted by molar-refractivity contribution is 7.95. The first-order valence-electron chi connectivity index (χ1n) is 4.40. The van der Waals surface area contributed by atoms with Gasteiger partial charge in [0.2, 0.25) is 9.84 Å². The molecule has 16 heavy (non-hydrogen) atoms. The Labute approximate surface area is 91.6 Å². The molecule has 0 saturated carbocycles. The second-order valence-electron chi connectivity index (χ2n) is 3.33. The van der Waals surface area contributed by atoms with Crippen molar-refractivity contribution >= 4 is 21.4 Å². The fraction of sp³-hybridized carbons (Fsp3) is 0.100. The topological polar surface area (TPSA) is 91.7 Å². The molecule has 5 nitrogen and oxygen atoms in total. The first kappa shape index (κ1) is 10.8. The summed E-state index contributed by atoms with van der Waals surface area (Å²) in [6, 6.07) is 4.01. The van der Waals surface area contributed by atoms with Gasteiger partial charge in [-0.1, -0.05) is 6.07 Å². The second-order valence-corrected chi connectivity index (χ2v) is 5.10. The van der Waals surface area contributed by atoms with Crippen LogP contribution in [-0.2, 0) is 9.84 Å². The van der Waals surface area contributed by atoms with E-state index in [9.17, 15) is 13.2 Å². The van der Waals surface area contributed by atoms with Crippen LogP contribution in [0.2, 0.25) is 0 Å². The average molecular weight is 240 g/mol. The zero-order valence-electron chi connectivity index (χ0n) is 8.04. The number of hydrogen-bond acceptors (Lipinski definition) is 4. The number of carbonyl (C=O) groups is 1. The van der Waals surface area contributed by atoms with E-state index in [4.69, 9.17) is 10.2 Å². The van der Waals surface area contributed by atoms with Crippen LogP contribution < -0.4 is 0 Å². The van der Waals surface area contributed by atoms with Gasteiger partial charge in [-0.25, -0.2) is 13.2 Å². The number of aliphatic hydroxyl groups excluding tert-OH is 1. The number of hydrogen-bond donors (Lipinski definition) is 2. The average Bonchev–Trinajstić information content (AvgIpc) is 2.50. The molecule has 0 unspecified atom stereocenters. The van der Waals surface area contributed by atoms with Crippen molar-refractivity contribution in [3.8, 4) is 0 Å². The number of fused-ring (bicyclic) bond motifs is 1. The first-order valence-corrected chi connectivity index (χ1v) is 5.95. The molecule has 0 aliphatic carbocycles. The van der Waals surface area contributed by atoms with E-state index in [1.807, 2.05) is 0 Å². The Morgan fingerprint density at radius 2 is 2.00 bits per heavy atom. The van der Waals surface area contributed by atoms with Gasteiger partial charge in [-0.05, 0) is 17.7 Å². The molecule has 0 amide bonds. The zero-order valence-corrected chi connectivity index (χ0v) is 8.86. The van der Waals surface area contributed by atoms with Crippen LogP contribution in [0.25, 0.3) is 5.57 Å². The van der Waals surface area contributed by atoms with E-state index >= 15 is 0 Å². The zero-order chi connectivity index (χ0) is 11.9. The summed E-state index contributed by atoms with van der Waals surface area (Å²) in [7, 11) is -3.61. The maximum Gasteiger partial charge on any atom is 0.336 e. The van der Waals surface area contributed by atoms with Crippen LogP contribution >= 0.6 is 0 Å². The van der Waals surface area contributed by atoms with Crippen molar-refractivity contribution in [3.63, 3.8) is 0 Å². The molecule has 0 radical (unpaired) electrons. The highest BCUT2D eigenvalue weighted by Gasteiger charge is 2.30. The number of aromatic carboxylic acids is 1. The maximum atomic E-state index is 11.6. The normalized spacial score (nSPS) is 16.7. The predicted molar refractivity (Wildman–Crippen MR) is 55.6 cm³/mol. The third-order valence-electron chi connectivity index (χ3n) is 2.35. The fourth-order valence-electron chi connectivity index (χ4n) is 1.70. The van der Waals surface area contributed by atoms with Crippen molar-refractivity contribution in [3.05, 3.63) is 34.7 Å². The Morgan fingerprint density at radius 3 is 2.56 bits per heavy atom. The Hall–Kier alpha value is -1.66. The molecule has 1 aromatic rings. The Morgan fingerprint density at radius 1 is 1.31 bits per heavy atom. The molecule has 1 aliphatic heterocycles. The number of rotatable bonds is 2. The molecule has 2 N–H and O–H groups in total. The van der Waals surface area contributed by atoms with Crippen molar-refractivity contribution in [2.45, 2.75) is 4.90 Å². The van der Waals surface area contributed by atoms with E-state index in [-0.39, 0.29) is 21.6 Å². The van der Waals surface area contributed by atoms with Crippen LogP contribution in [0.4, 0.5) is 0 Å². The maximum absolute atomic E-state index is 11.6. The Bertz CT molecular complexity index is 598. The molecule has 0 bridgehead atoms. The van der Waals surface area contributed by atoms with Gasteiger partial charge in [-0.3, -0.25) is 0 Å². The molecule has 0 atom stereocenters. The summed E-state index contributed by atoms with van der Waals surface area (Å²) in [5.41, 5.74) is 0.101. The van der Waals surface area contributed by atoms with E-state index in [0.29, 0.717) is 0 Å². The number of aliphatic hydroxyl groups is 1. The molecule has 6 heteroatoms. The van der Waals surface area contributed by atoms with Gasteiger partial charge in [0.15, 0.2) is 0 Å². The minimum atomic E-state index is -3.61. The molecule has 1 aromatic carbocycles. The number of sulfone groups is 1. The van der Waals surface area contributed by atoms with Crippen molar-refractivity contribution in [1.29, 1.82) is 0 Å². The van der Waals surface area contributed by atoms with E-state index in [0.717, 1.165) is 5.41 Å². The Kier molecular flexibility index (Phi) is 2.32. The lowest BCUT2D eigenvalue weighted by Crippen LogP contribution is -2.04. The lowest BCUT2D eigenvalue weighted by molar-refractivity contribution is 0.0696. The van der Waals surface area contributed by atoms with Crippen LogP contribution in [0.15, 0.2) is 28.5 Å². The SMILES string of the molecule is O=C(O)c1cccc2c1C(CO)=CS2(=O)=O. The summed E-state index contributed by atoms with van der Waals surface area (Å²) < 4.78 is 23.2. The van der Waals surface area contributed by atoms with Gasteiger partial charge in [0.25, 0.3) is 0 Å². The van der Waals surface area contributed by atoms with Gasteiger partial charge in [0.05, 0.1) is 17.1 Å². The minimum absolute atomic E-state index is 0.0588. The minimum Gasteiger partial charge on any atom is -0.478 e. The third-order valence-corrected chi connectivity index (χ3v) is 3.90. The lowest BCUT2D eigenvalue weighted by atomic mass is 10.0. The highest BCUT2D eigenvalue weighted by atomic mass is 32.2. The monoisotopic (exact) mass is 240 g/mol. The molecule has 0 aromatic heterocycles.